The Hall–Kier alpha value is -1.03. The lowest BCUT2D eigenvalue weighted by atomic mass is 9.97. The Kier molecular flexibility index (Phi) is 2.34. The van der Waals surface area contributed by atoms with Gasteiger partial charge in [-0.2, -0.15) is 8.78 Å². The molecule has 0 aliphatic carbocycles. The van der Waals surface area contributed by atoms with Gasteiger partial charge in [-0.25, -0.2) is 4.39 Å². The van der Waals surface area contributed by atoms with E-state index in [0.717, 1.165) is 0 Å². The maximum atomic E-state index is 13.3. The predicted molar refractivity (Wildman–Crippen MR) is 42.1 cm³/mol. The van der Waals surface area contributed by atoms with Crippen molar-refractivity contribution in [2.45, 2.75) is 18.7 Å². The largest absolute Gasteiger partial charge is 0.391 e. The predicted octanol–water partition coefficient (Wildman–Crippen LogP) is 2.46. The second kappa shape index (κ2) is 3.03. The van der Waals surface area contributed by atoms with E-state index in [4.69, 9.17) is 5.11 Å². The minimum Gasteiger partial charge on any atom is -0.334 e. The fourth-order valence-corrected chi connectivity index (χ4v) is 0.925. The summed E-state index contributed by atoms with van der Waals surface area (Å²) in [6.45, 7) is 0.641. The summed E-state index contributed by atoms with van der Waals surface area (Å²) in [5.41, 5.74) is -3.30. The third-order valence-electron chi connectivity index (χ3n) is 1.88. The van der Waals surface area contributed by atoms with E-state index in [1.165, 1.54) is 24.3 Å². The second-order valence-corrected chi connectivity index (χ2v) is 2.91. The molecule has 0 bridgehead atoms. The first-order chi connectivity index (χ1) is 5.86. The van der Waals surface area contributed by atoms with Crippen molar-refractivity contribution >= 4 is 0 Å². The Bertz CT molecular complexity index is 277. The van der Waals surface area contributed by atoms with Gasteiger partial charge in [0.15, 0.2) is 0 Å². The molecular formula is C9H9F3O. The Morgan fingerprint density at radius 3 is 1.92 bits per heavy atom. The van der Waals surface area contributed by atoms with Crippen LogP contribution in [0.1, 0.15) is 12.5 Å². The quantitative estimate of drug-likeness (QED) is 0.759. The molecule has 0 heterocycles. The number of hydrogen-bond acceptors (Lipinski definition) is 1. The highest BCUT2D eigenvalue weighted by Crippen LogP contribution is 2.38. The summed E-state index contributed by atoms with van der Waals surface area (Å²) in [6, 6.07) is 6.83. The number of rotatable bonds is 2. The molecule has 0 radical (unpaired) electrons. The fraction of sp³-hybridized carbons (Fsp3) is 0.333. The van der Waals surface area contributed by atoms with Crippen LogP contribution in [0.3, 0.4) is 0 Å². The van der Waals surface area contributed by atoms with Crippen LogP contribution in [0.2, 0.25) is 0 Å². The summed E-state index contributed by atoms with van der Waals surface area (Å²) in [6.07, 6.45) is -4.37. The van der Waals surface area contributed by atoms with Crippen LogP contribution in [-0.4, -0.2) is 11.2 Å². The van der Waals surface area contributed by atoms with E-state index in [1.807, 2.05) is 0 Å². The first kappa shape index (κ1) is 10.1. The molecule has 0 spiro atoms. The van der Waals surface area contributed by atoms with Gasteiger partial charge in [-0.15, -0.1) is 0 Å². The summed E-state index contributed by atoms with van der Waals surface area (Å²) in [5, 5.41) is 8.29. The van der Waals surface area contributed by atoms with E-state index in [1.54, 1.807) is 6.07 Å². The van der Waals surface area contributed by atoms with Gasteiger partial charge in [-0.1, -0.05) is 30.3 Å². The number of alkyl halides is 3. The molecule has 0 saturated heterocycles. The van der Waals surface area contributed by atoms with Gasteiger partial charge in [-0.05, 0) is 12.5 Å². The first-order valence-electron chi connectivity index (χ1n) is 3.70. The molecule has 4 heteroatoms. The second-order valence-electron chi connectivity index (χ2n) is 2.91. The summed E-state index contributed by atoms with van der Waals surface area (Å²) in [4.78, 5) is 0. The molecule has 1 atom stereocenters. The van der Waals surface area contributed by atoms with E-state index < -0.39 is 11.8 Å². The molecule has 1 rings (SSSR count). The van der Waals surface area contributed by atoms with Crippen LogP contribution in [0, 0.1) is 0 Å². The van der Waals surface area contributed by atoms with Gasteiger partial charge in [0.1, 0.15) is 0 Å². The molecule has 13 heavy (non-hydrogen) atoms. The monoisotopic (exact) mass is 190 g/mol. The molecular weight excluding hydrogens is 181 g/mol. The van der Waals surface area contributed by atoms with Gasteiger partial charge in [0.25, 0.3) is 0 Å². The molecule has 0 amide bonds. The van der Waals surface area contributed by atoms with Crippen molar-refractivity contribution in [3.8, 4) is 0 Å². The first-order valence-corrected chi connectivity index (χ1v) is 3.70. The van der Waals surface area contributed by atoms with Gasteiger partial charge in [0, 0.05) is 0 Å². The normalized spacial score (nSPS) is 16.7. The van der Waals surface area contributed by atoms with Crippen LogP contribution >= 0.6 is 0 Å². The molecule has 1 unspecified atom stereocenters. The molecule has 72 valence electrons. The zero-order valence-corrected chi connectivity index (χ0v) is 6.97. The molecule has 1 nitrogen and oxygen atoms in total. The number of halogens is 3. The highest BCUT2D eigenvalue weighted by Gasteiger charge is 2.51. The van der Waals surface area contributed by atoms with Gasteiger partial charge in [0.05, 0.1) is 0 Å². The lowest BCUT2D eigenvalue weighted by molar-refractivity contribution is -0.282. The van der Waals surface area contributed by atoms with Gasteiger partial charge in [-0.3, -0.25) is 0 Å². The summed E-state index contributed by atoms with van der Waals surface area (Å²) >= 11 is 0. The smallest absolute Gasteiger partial charge is 0.334 e. The molecule has 0 fully saturated rings. The van der Waals surface area contributed by atoms with Crippen LogP contribution in [0.25, 0.3) is 0 Å². The lowest BCUT2D eigenvalue weighted by Gasteiger charge is -2.25. The van der Waals surface area contributed by atoms with Crippen molar-refractivity contribution in [3.63, 3.8) is 0 Å². The van der Waals surface area contributed by atoms with Gasteiger partial charge < -0.3 is 5.11 Å². The maximum absolute atomic E-state index is 13.3. The van der Waals surface area contributed by atoms with E-state index in [9.17, 15) is 13.2 Å². The molecule has 1 aromatic rings. The molecule has 0 aromatic heterocycles. The van der Waals surface area contributed by atoms with Gasteiger partial charge in [0.2, 0.25) is 5.67 Å². The Labute approximate surface area is 73.8 Å². The molecule has 0 saturated carbocycles. The van der Waals surface area contributed by atoms with Crippen molar-refractivity contribution in [1.82, 2.24) is 0 Å². The summed E-state index contributed by atoms with van der Waals surface area (Å²) < 4.78 is 38.1. The number of benzene rings is 1. The average Bonchev–Trinajstić information content (AvgIpc) is 2.04. The molecule has 1 N–H and O–H groups in total. The van der Waals surface area contributed by atoms with Crippen LogP contribution in [0.15, 0.2) is 30.3 Å². The zero-order valence-electron chi connectivity index (χ0n) is 6.97. The maximum Gasteiger partial charge on any atom is 0.391 e. The highest BCUT2D eigenvalue weighted by atomic mass is 19.3. The van der Waals surface area contributed by atoms with Crippen molar-refractivity contribution in [1.29, 1.82) is 0 Å². The molecule has 0 aliphatic rings. The number of hydrogen-bond donors (Lipinski definition) is 1. The lowest BCUT2D eigenvalue weighted by Crippen LogP contribution is -2.38. The van der Waals surface area contributed by atoms with Crippen molar-refractivity contribution in [3.05, 3.63) is 35.9 Å². The number of aliphatic hydroxyl groups is 1. The van der Waals surface area contributed by atoms with Crippen molar-refractivity contribution in [2.75, 3.05) is 0 Å². The SMILES string of the molecule is CC(F)(c1ccccc1)C(O)(F)F. The molecule has 0 aliphatic heterocycles. The van der Waals surface area contributed by atoms with E-state index in [-0.39, 0.29) is 5.56 Å². The molecule has 1 aromatic carbocycles. The van der Waals surface area contributed by atoms with E-state index >= 15 is 0 Å². The van der Waals surface area contributed by atoms with Crippen LogP contribution in [0.5, 0.6) is 0 Å². The highest BCUT2D eigenvalue weighted by molar-refractivity contribution is 5.23. The summed E-state index contributed by atoms with van der Waals surface area (Å²) in [5.74, 6) is 0. The Morgan fingerprint density at radius 2 is 1.54 bits per heavy atom. The van der Waals surface area contributed by atoms with Crippen molar-refractivity contribution in [2.24, 2.45) is 0 Å². The van der Waals surface area contributed by atoms with Crippen molar-refractivity contribution < 1.29 is 18.3 Å². The Balaban J connectivity index is 3.08. The average molecular weight is 190 g/mol. The van der Waals surface area contributed by atoms with E-state index in [0.29, 0.717) is 6.92 Å². The topological polar surface area (TPSA) is 20.2 Å². The third kappa shape index (κ3) is 1.83. The van der Waals surface area contributed by atoms with Crippen LogP contribution in [0.4, 0.5) is 13.2 Å². The minimum atomic E-state index is -4.37. The minimum absolute atomic E-state index is 0.248. The third-order valence-corrected chi connectivity index (χ3v) is 1.88. The zero-order chi connectivity index (χ0) is 10.1. The van der Waals surface area contributed by atoms with Crippen LogP contribution in [-0.2, 0) is 5.67 Å². The fourth-order valence-electron chi connectivity index (χ4n) is 0.925. The van der Waals surface area contributed by atoms with E-state index in [2.05, 4.69) is 0 Å². The Morgan fingerprint density at radius 1 is 1.08 bits per heavy atom. The standard InChI is InChI=1S/C9H9F3O/c1-8(10,9(11,12)13)7-5-3-2-4-6-7/h2-6,13H,1H3. The summed E-state index contributed by atoms with van der Waals surface area (Å²) in [7, 11) is 0. The van der Waals surface area contributed by atoms with Gasteiger partial charge >= 0.3 is 6.11 Å². The van der Waals surface area contributed by atoms with Crippen LogP contribution < -0.4 is 0 Å².